The second-order valence-electron chi connectivity index (χ2n) is 4.21. The van der Waals surface area contributed by atoms with E-state index in [4.69, 9.17) is 11.6 Å². The molecule has 0 amide bonds. The molecule has 0 aliphatic heterocycles. The Labute approximate surface area is 123 Å². The van der Waals surface area contributed by atoms with Crippen LogP contribution in [0.1, 0.15) is 10.4 Å². The molecule has 3 rings (SSSR count). The minimum atomic E-state index is 0.778. The second-order valence-corrected chi connectivity index (χ2v) is 6.73. The standard InChI is InChI=1S/C15H10BrClS/c16-12-5-10(6-13(17)9-12)7-14-8-11-3-1-2-4-15(11)18-14/h1-6,8-9H,7H2. The van der Waals surface area contributed by atoms with Crippen LogP contribution in [-0.2, 0) is 6.42 Å². The van der Waals surface area contributed by atoms with E-state index in [1.165, 1.54) is 20.5 Å². The van der Waals surface area contributed by atoms with Gasteiger partial charge in [-0.1, -0.05) is 45.7 Å². The number of hydrogen-bond acceptors (Lipinski definition) is 1. The molecule has 0 saturated carbocycles. The Kier molecular flexibility index (Phi) is 3.42. The van der Waals surface area contributed by atoms with Crippen molar-refractivity contribution in [3.63, 3.8) is 0 Å². The van der Waals surface area contributed by atoms with E-state index in [0.717, 1.165) is 15.9 Å². The highest BCUT2D eigenvalue weighted by Crippen LogP contribution is 2.28. The lowest BCUT2D eigenvalue weighted by Gasteiger charge is -2.01. The lowest BCUT2D eigenvalue weighted by molar-refractivity contribution is 1.24. The van der Waals surface area contributed by atoms with Gasteiger partial charge in [0.05, 0.1) is 0 Å². The fraction of sp³-hybridized carbons (Fsp3) is 0.0667. The molecule has 3 heteroatoms. The van der Waals surface area contributed by atoms with E-state index in [1.807, 2.05) is 23.5 Å². The number of fused-ring (bicyclic) bond motifs is 1. The predicted octanol–water partition coefficient (Wildman–Crippen LogP) is 5.91. The smallest absolute Gasteiger partial charge is 0.0420 e. The molecular weight excluding hydrogens is 328 g/mol. The number of hydrogen-bond donors (Lipinski definition) is 0. The molecule has 0 atom stereocenters. The van der Waals surface area contributed by atoms with Crippen LogP contribution in [0.25, 0.3) is 10.1 Å². The van der Waals surface area contributed by atoms with Gasteiger partial charge in [-0.05, 0) is 41.3 Å². The fourth-order valence-corrected chi connectivity index (χ4v) is 4.07. The summed E-state index contributed by atoms with van der Waals surface area (Å²) in [5.74, 6) is 0. The Morgan fingerprint density at radius 2 is 1.89 bits per heavy atom. The normalized spacial score (nSPS) is 11.0. The Balaban J connectivity index is 1.96. The molecule has 0 nitrogen and oxygen atoms in total. The summed E-state index contributed by atoms with van der Waals surface area (Å²) in [6.45, 7) is 0. The van der Waals surface area contributed by atoms with E-state index in [9.17, 15) is 0 Å². The third-order valence-corrected chi connectivity index (χ3v) is 4.57. The number of halogens is 2. The second kappa shape index (κ2) is 5.04. The van der Waals surface area contributed by atoms with Crippen molar-refractivity contribution in [3.8, 4) is 0 Å². The lowest BCUT2D eigenvalue weighted by Crippen LogP contribution is -1.84. The number of thiophene rings is 1. The van der Waals surface area contributed by atoms with Gasteiger partial charge >= 0.3 is 0 Å². The van der Waals surface area contributed by atoms with E-state index < -0.39 is 0 Å². The first-order valence-corrected chi connectivity index (χ1v) is 7.62. The molecule has 2 aromatic carbocycles. The predicted molar refractivity (Wildman–Crippen MR) is 83.8 cm³/mol. The quantitative estimate of drug-likeness (QED) is 0.545. The average Bonchev–Trinajstić information content (AvgIpc) is 2.69. The van der Waals surface area contributed by atoms with Crippen LogP contribution in [0.3, 0.4) is 0 Å². The van der Waals surface area contributed by atoms with Gasteiger partial charge in [0.1, 0.15) is 0 Å². The van der Waals surface area contributed by atoms with Crippen molar-refractivity contribution in [2.75, 3.05) is 0 Å². The van der Waals surface area contributed by atoms with Crippen LogP contribution in [0.15, 0.2) is 53.0 Å². The van der Waals surface area contributed by atoms with E-state index in [-0.39, 0.29) is 0 Å². The average molecular weight is 338 g/mol. The maximum atomic E-state index is 6.07. The molecule has 0 N–H and O–H groups in total. The zero-order chi connectivity index (χ0) is 12.5. The largest absolute Gasteiger partial charge is 0.140 e. The van der Waals surface area contributed by atoms with Gasteiger partial charge < -0.3 is 0 Å². The van der Waals surface area contributed by atoms with Gasteiger partial charge in [-0.25, -0.2) is 0 Å². The van der Waals surface area contributed by atoms with Gasteiger partial charge in [0.15, 0.2) is 0 Å². The van der Waals surface area contributed by atoms with E-state index in [0.29, 0.717) is 0 Å². The topological polar surface area (TPSA) is 0 Å². The summed E-state index contributed by atoms with van der Waals surface area (Å²) in [5, 5.41) is 2.10. The summed E-state index contributed by atoms with van der Waals surface area (Å²) in [6.07, 6.45) is 0.929. The van der Waals surface area contributed by atoms with Gasteiger partial charge in [0, 0.05) is 25.5 Å². The third kappa shape index (κ3) is 2.61. The molecule has 0 fully saturated rings. The summed E-state index contributed by atoms with van der Waals surface area (Å²) >= 11 is 11.4. The van der Waals surface area contributed by atoms with Crippen molar-refractivity contribution in [1.82, 2.24) is 0 Å². The molecule has 1 heterocycles. The van der Waals surface area contributed by atoms with Crippen LogP contribution in [0.2, 0.25) is 5.02 Å². The molecule has 3 aromatic rings. The highest BCUT2D eigenvalue weighted by Gasteiger charge is 2.04. The maximum absolute atomic E-state index is 6.07. The summed E-state index contributed by atoms with van der Waals surface area (Å²) in [4.78, 5) is 1.37. The van der Waals surface area contributed by atoms with Crippen molar-refractivity contribution < 1.29 is 0 Å². The van der Waals surface area contributed by atoms with Crippen molar-refractivity contribution >= 4 is 49.0 Å². The zero-order valence-electron chi connectivity index (χ0n) is 9.49. The summed E-state index contributed by atoms with van der Waals surface area (Å²) < 4.78 is 2.37. The number of rotatable bonds is 2. The minimum Gasteiger partial charge on any atom is -0.140 e. The van der Waals surface area contributed by atoms with Crippen LogP contribution in [0.5, 0.6) is 0 Å². The Bertz CT molecular complexity index is 649. The highest BCUT2D eigenvalue weighted by molar-refractivity contribution is 9.10. The molecular formula is C15H10BrClS. The molecule has 0 radical (unpaired) electrons. The molecule has 0 spiro atoms. The van der Waals surface area contributed by atoms with Gasteiger partial charge in [-0.15, -0.1) is 11.3 Å². The van der Waals surface area contributed by atoms with E-state index in [1.54, 1.807) is 0 Å². The summed E-state index contributed by atoms with van der Waals surface area (Å²) in [5.41, 5.74) is 1.24. The van der Waals surface area contributed by atoms with E-state index >= 15 is 0 Å². The molecule has 0 bridgehead atoms. The first kappa shape index (κ1) is 12.2. The zero-order valence-corrected chi connectivity index (χ0v) is 12.6. The van der Waals surface area contributed by atoms with Crippen LogP contribution < -0.4 is 0 Å². The lowest BCUT2D eigenvalue weighted by atomic mass is 10.1. The SMILES string of the molecule is Clc1cc(Br)cc(Cc2cc3ccccc3s2)c1. The van der Waals surface area contributed by atoms with E-state index in [2.05, 4.69) is 52.3 Å². The van der Waals surface area contributed by atoms with Gasteiger partial charge in [-0.3, -0.25) is 0 Å². The highest BCUT2D eigenvalue weighted by atomic mass is 79.9. The Morgan fingerprint density at radius 3 is 2.67 bits per heavy atom. The fourth-order valence-electron chi connectivity index (χ4n) is 2.04. The van der Waals surface area contributed by atoms with Gasteiger partial charge in [0.2, 0.25) is 0 Å². The monoisotopic (exact) mass is 336 g/mol. The Hall–Kier alpha value is -0.830. The molecule has 0 unspecified atom stereocenters. The Morgan fingerprint density at radius 1 is 1.06 bits per heavy atom. The first-order valence-electron chi connectivity index (χ1n) is 5.63. The van der Waals surface area contributed by atoms with Crippen molar-refractivity contribution in [1.29, 1.82) is 0 Å². The van der Waals surface area contributed by atoms with Gasteiger partial charge in [0.25, 0.3) is 0 Å². The molecule has 0 saturated heterocycles. The van der Waals surface area contributed by atoms with Crippen LogP contribution >= 0.6 is 38.9 Å². The molecule has 90 valence electrons. The molecule has 0 aliphatic rings. The summed E-state index contributed by atoms with van der Waals surface area (Å²) in [6, 6.07) is 16.8. The van der Waals surface area contributed by atoms with Crippen molar-refractivity contribution in [3.05, 3.63) is 68.5 Å². The molecule has 0 aliphatic carbocycles. The number of benzene rings is 2. The van der Waals surface area contributed by atoms with Crippen LogP contribution in [-0.4, -0.2) is 0 Å². The van der Waals surface area contributed by atoms with Gasteiger partial charge in [-0.2, -0.15) is 0 Å². The minimum absolute atomic E-state index is 0.778. The van der Waals surface area contributed by atoms with Crippen molar-refractivity contribution in [2.24, 2.45) is 0 Å². The van der Waals surface area contributed by atoms with Crippen LogP contribution in [0.4, 0.5) is 0 Å². The first-order chi connectivity index (χ1) is 8.70. The maximum Gasteiger partial charge on any atom is 0.0420 e. The summed E-state index contributed by atoms with van der Waals surface area (Å²) in [7, 11) is 0. The van der Waals surface area contributed by atoms with Crippen LogP contribution in [0, 0.1) is 0 Å². The molecule has 18 heavy (non-hydrogen) atoms. The third-order valence-electron chi connectivity index (χ3n) is 2.78. The molecule has 1 aromatic heterocycles. The van der Waals surface area contributed by atoms with Crippen molar-refractivity contribution in [2.45, 2.75) is 6.42 Å².